The number of nitrogens with zero attached hydrogens (tertiary/aromatic N) is 2. The van der Waals surface area contributed by atoms with Crippen molar-refractivity contribution in [2.45, 2.75) is 6.04 Å². The van der Waals surface area contributed by atoms with Crippen LogP contribution in [0, 0.1) is 0 Å². The number of piperazine rings is 1. The van der Waals surface area contributed by atoms with E-state index in [0.717, 1.165) is 11.3 Å². The second-order valence-corrected chi connectivity index (χ2v) is 4.17. The van der Waals surface area contributed by atoms with Gasteiger partial charge in [-0.2, -0.15) is 4.99 Å². The van der Waals surface area contributed by atoms with E-state index in [4.69, 9.17) is 5.11 Å². The molecule has 1 fully saturated rings. The Hall–Kier alpha value is -1.75. The van der Waals surface area contributed by atoms with Crippen molar-refractivity contribution in [2.24, 2.45) is 4.99 Å². The number of aliphatic imine (C=N–C) groups is 1. The largest absolute Gasteiger partial charge is 0.465 e. The Morgan fingerprint density at radius 3 is 2.83 bits per heavy atom. The van der Waals surface area contributed by atoms with Crippen LogP contribution in [-0.2, 0) is 0 Å². The molecule has 1 aromatic rings. The van der Waals surface area contributed by atoms with E-state index in [2.05, 4.69) is 27.7 Å². The molecule has 2 N–H and O–H groups in total. The molecular weight excluding hydrogens is 250 g/mol. The molecule has 1 aliphatic rings. The standard InChI is InChI=1S/C12H13N3O2S/c16-12(17)15-6-5-13-7-11(15)9-1-3-10(4-2-9)14-8-18/h1-4,11,13H,5-7H2,(H,16,17). The van der Waals surface area contributed by atoms with Crippen molar-refractivity contribution in [1.82, 2.24) is 10.2 Å². The van der Waals surface area contributed by atoms with Crippen LogP contribution in [0.25, 0.3) is 0 Å². The lowest BCUT2D eigenvalue weighted by Crippen LogP contribution is -2.48. The molecule has 0 spiro atoms. The molecule has 1 atom stereocenters. The predicted octanol–water partition coefficient (Wildman–Crippen LogP) is 2.05. The van der Waals surface area contributed by atoms with Gasteiger partial charge in [0, 0.05) is 19.6 Å². The summed E-state index contributed by atoms with van der Waals surface area (Å²) in [6.07, 6.45) is -0.887. The zero-order valence-electron chi connectivity index (χ0n) is 9.67. The first kappa shape index (κ1) is 12.7. The zero-order chi connectivity index (χ0) is 13.0. The van der Waals surface area contributed by atoms with Gasteiger partial charge in [0.25, 0.3) is 0 Å². The minimum atomic E-state index is -0.887. The highest BCUT2D eigenvalue weighted by atomic mass is 32.1. The first-order valence-electron chi connectivity index (χ1n) is 5.60. The van der Waals surface area contributed by atoms with Gasteiger partial charge in [-0.25, -0.2) is 4.79 Å². The number of rotatable bonds is 2. The van der Waals surface area contributed by atoms with Gasteiger partial charge in [-0.05, 0) is 29.9 Å². The lowest BCUT2D eigenvalue weighted by molar-refractivity contribution is 0.112. The summed E-state index contributed by atoms with van der Waals surface area (Å²) in [6.45, 7) is 1.82. The first-order chi connectivity index (χ1) is 8.72. The fraction of sp³-hybridized carbons (Fsp3) is 0.333. The topological polar surface area (TPSA) is 64.9 Å². The van der Waals surface area contributed by atoms with Gasteiger partial charge in [0.05, 0.1) is 16.9 Å². The summed E-state index contributed by atoms with van der Waals surface area (Å²) in [5.74, 6) is 0. The molecule has 1 saturated heterocycles. The third kappa shape index (κ3) is 2.73. The van der Waals surface area contributed by atoms with Crippen molar-refractivity contribution in [2.75, 3.05) is 19.6 Å². The summed E-state index contributed by atoms with van der Waals surface area (Å²) < 4.78 is 0. The molecule has 2 rings (SSSR count). The normalized spacial score (nSPS) is 19.1. The highest BCUT2D eigenvalue weighted by Gasteiger charge is 2.27. The molecule has 94 valence electrons. The summed E-state index contributed by atoms with van der Waals surface area (Å²) in [4.78, 5) is 16.5. The smallest absolute Gasteiger partial charge is 0.407 e. The Labute approximate surface area is 110 Å². The van der Waals surface area contributed by atoms with Crippen LogP contribution in [0.4, 0.5) is 10.5 Å². The fourth-order valence-corrected chi connectivity index (χ4v) is 2.16. The van der Waals surface area contributed by atoms with Gasteiger partial charge in [0.1, 0.15) is 0 Å². The molecule has 1 aliphatic heterocycles. The quantitative estimate of drug-likeness (QED) is 0.633. The van der Waals surface area contributed by atoms with Gasteiger partial charge in [-0.3, -0.25) is 4.90 Å². The molecule has 1 unspecified atom stereocenters. The molecule has 1 heterocycles. The minimum Gasteiger partial charge on any atom is -0.465 e. The van der Waals surface area contributed by atoms with E-state index >= 15 is 0 Å². The van der Waals surface area contributed by atoms with Gasteiger partial charge in [0.2, 0.25) is 0 Å². The van der Waals surface area contributed by atoms with E-state index in [0.29, 0.717) is 19.6 Å². The Morgan fingerprint density at radius 2 is 2.22 bits per heavy atom. The number of hydrogen-bond donors (Lipinski definition) is 2. The lowest BCUT2D eigenvalue weighted by atomic mass is 10.0. The Balaban J connectivity index is 2.22. The summed E-state index contributed by atoms with van der Waals surface area (Å²) in [5, 5.41) is 14.7. The minimum absolute atomic E-state index is 0.151. The van der Waals surface area contributed by atoms with E-state index in [1.165, 1.54) is 4.90 Å². The maximum absolute atomic E-state index is 11.2. The number of benzene rings is 1. The van der Waals surface area contributed by atoms with E-state index < -0.39 is 6.09 Å². The van der Waals surface area contributed by atoms with Gasteiger partial charge in [0.15, 0.2) is 0 Å². The zero-order valence-corrected chi connectivity index (χ0v) is 10.5. The average molecular weight is 263 g/mol. The molecular formula is C12H13N3O2S. The van der Waals surface area contributed by atoms with Crippen LogP contribution in [0.5, 0.6) is 0 Å². The molecule has 1 amide bonds. The molecule has 0 radical (unpaired) electrons. The first-order valence-corrected chi connectivity index (χ1v) is 6.01. The molecule has 0 saturated carbocycles. The monoisotopic (exact) mass is 263 g/mol. The number of nitrogens with one attached hydrogen (secondary N) is 1. The van der Waals surface area contributed by atoms with Crippen molar-refractivity contribution < 1.29 is 9.90 Å². The van der Waals surface area contributed by atoms with Crippen LogP contribution in [-0.4, -0.2) is 40.9 Å². The van der Waals surface area contributed by atoms with Crippen LogP contribution in [0.2, 0.25) is 0 Å². The Morgan fingerprint density at radius 1 is 1.50 bits per heavy atom. The summed E-state index contributed by atoms with van der Waals surface area (Å²) in [7, 11) is 0. The Bertz CT molecular complexity index is 483. The van der Waals surface area contributed by atoms with Crippen molar-refractivity contribution >= 4 is 29.2 Å². The average Bonchev–Trinajstić information content (AvgIpc) is 2.40. The third-order valence-electron chi connectivity index (χ3n) is 2.94. The Kier molecular flexibility index (Phi) is 4.04. The van der Waals surface area contributed by atoms with Crippen LogP contribution in [0.1, 0.15) is 11.6 Å². The molecule has 5 nitrogen and oxygen atoms in total. The van der Waals surface area contributed by atoms with E-state index in [-0.39, 0.29) is 6.04 Å². The number of carbonyl (C=O) groups is 1. The number of amides is 1. The number of carboxylic acid groups (broad SMARTS) is 1. The molecule has 0 aliphatic carbocycles. The van der Waals surface area contributed by atoms with Crippen molar-refractivity contribution in [3.05, 3.63) is 29.8 Å². The number of hydrogen-bond acceptors (Lipinski definition) is 4. The van der Waals surface area contributed by atoms with Gasteiger partial charge in [-0.1, -0.05) is 12.1 Å². The molecule has 1 aromatic carbocycles. The van der Waals surface area contributed by atoms with Crippen LogP contribution in [0.3, 0.4) is 0 Å². The van der Waals surface area contributed by atoms with Gasteiger partial charge < -0.3 is 10.4 Å². The molecule has 0 aromatic heterocycles. The number of thiocarbonyl (C=S) groups is 1. The SMILES string of the molecule is O=C(O)N1CCNCC1c1ccc(N=C=S)cc1. The second kappa shape index (κ2) is 5.73. The maximum atomic E-state index is 11.2. The van der Waals surface area contributed by atoms with Crippen molar-refractivity contribution in [3.8, 4) is 0 Å². The van der Waals surface area contributed by atoms with Crippen LogP contribution in [0.15, 0.2) is 29.3 Å². The molecule has 18 heavy (non-hydrogen) atoms. The van der Waals surface area contributed by atoms with Crippen molar-refractivity contribution in [1.29, 1.82) is 0 Å². The molecule has 6 heteroatoms. The van der Waals surface area contributed by atoms with E-state index in [1.54, 1.807) is 0 Å². The summed E-state index contributed by atoms with van der Waals surface area (Å²) >= 11 is 4.53. The fourth-order valence-electron chi connectivity index (χ4n) is 2.05. The second-order valence-electron chi connectivity index (χ2n) is 3.99. The maximum Gasteiger partial charge on any atom is 0.407 e. The van der Waals surface area contributed by atoms with Gasteiger partial charge >= 0.3 is 6.09 Å². The van der Waals surface area contributed by atoms with E-state index in [9.17, 15) is 4.79 Å². The highest BCUT2D eigenvalue weighted by molar-refractivity contribution is 7.78. The molecule has 0 bridgehead atoms. The highest BCUT2D eigenvalue weighted by Crippen LogP contribution is 2.24. The summed E-state index contributed by atoms with van der Waals surface area (Å²) in [6, 6.07) is 7.21. The van der Waals surface area contributed by atoms with Gasteiger partial charge in [-0.15, -0.1) is 0 Å². The summed E-state index contributed by atoms with van der Waals surface area (Å²) in [5.41, 5.74) is 1.67. The van der Waals surface area contributed by atoms with Crippen LogP contribution < -0.4 is 5.32 Å². The number of isothiocyanates is 1. The van der Waals surface area contributed by atoms with Crippen molar-refractivity contribution in [3.63, 3.8) is 0 Å². The van der Waals surface area contributed by atoms with E-state index in [1.807, 2.05) is 24.3 Å². The predicted molar refractivity (Wildman–Crippen MR) is 71.5 cm³/mol. The van der Waals surface area contributed by atoms with Crippen LogP contribution >= 0.6 is 12.2 Å². The third-order valence-corrected chi connectivity index (χ3v) is 3.03. The lowest BCUT2D eigenvalue weighted by Gasteiger charge is -2.34.